The molecule has 0 aliphatic carbocycles. The average Bonchev–Trinajstić information content (AvgIpc) is 3.13. The molecule has 0 saturated carbocycles. The van der Waals surface area contributed by atoms with Gasteiger partial charge in [-0.15, -0.1) is 0 Å². The number of benzene rings is 2. The Hall–Kier alpha value is -4.11. The lowest BCUT2D eigenvalue weighted by Gasteiger charge is -2.19. The van der Waals surface area contributed by atoms with Gasteiger partial charge in [-0.3, -0.25) is 4.79 Å². The molecule has 1 amide bonds. The number of nitrogens with one attached hydrogen (secondary N) is 1. The van der Waals surface area contributed by atoms with Crippen molar-refractivity contribution in [2.24, 2.45) is 0 Å². The lowest BCUT2D eigenvalue weighted by molar-refractivity contribution is -0.144. The van der Waals surface area contributed by atoms with Gasteiger partial charge in [-0.1, -0.05) is 67.6 Å². The van der Waals surface area contributed by atoms with Gasteiger partial charge in [-0.25, -0.2) is 4.79 Å². The largest absolute Gasteiger partial charge is 0.451 e. The van der Waals surface area contributed by atoms with E-state index < -0.39 is 18.5 Å². The molecule has 0 unspecified atom stereocenters. The Kier molecular flexibility index (Phi) is 8.42. The first-order valence-electron chi connectivity index (χ1n) is 11.3. The first kappa shape index (κ1) is 24.5. The predicted octanol–water partition coefficient (Wildman–Crippen LogP) is 4.87. The number of esters is 1. The highest BCUT2D eigenvalue weighted by atomic mass is 16.5. The molecule has 0 aliphatic heterocycles. The van der Waals surface area contributed by atoms with Crippen molar-refractivity contribution < 1.29 is 14.3 Å². The number of hydrogen-bond donors (Lipinski definition) is 1. The van der Waals surface area contributed by atoms with E-state index in [0.29, 0.717) is 0 Å². The van der Waals surface area contributed by atoms with E-state index in [4.69, 9.17) is 4.74 Å². The second kappa shape index (κ2) is 11.7. The van der Waals surface area contributed by atoms with Crippen molar-refractivity contribution in [1.82, 2.24) is 9.88 Å². The summed E-state index contributed by atoms with van der Waals surface area (Å²) in [7, 11) is 0. The molecule has 1 N–H and O–H groups in total. The Balaban J connectivity index is 1.69. The third-order valence-corrected chi connectivity index (χ3v) is 5.61. The topological polar surface area (TPSA) is 84.1 Å². The van der Waals surface area contributed by atoms with Gasteiger partial charge in [0.1, 0.15) is 11.6 Å². The van der Waals surface area contributed by atoms with E-state index in [9.17, 15) is 14.9 Å². The van der Waals surface area contributed by atoms with E-state index in [1.807, 2.05) is 86.6 Å². The first-order valence-corrected chi connectivity index (χ1v) is 11.3. The zero-order valence-corrected chi connectivity index (χ0v) is 19.7. The van der Waals surface area contributed by atoms with Crippen molar-refractivity contribution in [3.8, 4) is 6.07 Å². The van der Waals surface area contributed by atoms with Gasteiger partial charge in [0.2, 0.25) is 0 Å². The van der Waals surface area contributed by atoms with E-state index in [1.54, 1.807) is 0 Å². The number of rotatable bonds is 9. The highest BCUT2D eigenvalue weighted by Crippen LogP contribution is 2.22. The molecule has 0 saturated heterocycles. The maximum atomic E-state index is 12.7. The molecular formula is C28H29N3O3. The summed E-state index contributed by atoms with van der Waals surface area (Å²) in [5.41, 5.74) is 4.50. The van der Waals surface area contributed by atoms with E-state index in [0.717, 1.165) is 41.0 Å². The summed E-state index contributed by atoms with van der Waals surface area (Å²) in [5, 5.41) is 12.4. The van der Waals surface area contributed by atoms with Crippen LogP contribution >= 0.6 is 0 Å². The molecular weight excluding hydrogens is 426 g/mol. The van der Waals surface area contributed by atoms with Gasteiger partial charge in [-0.05, 0) is 49.1 Å². The standard InChI is InChI=1S/C28H29N3O3/c1-4-15-31-20(2)16-24(21(31)3)17-25(18-29)28(33)34-19-26(32)30-27(22-11-7-5-8-12-22)23-13-9-6-10-14-23/h5-14,16-17,27H,4,15,19H2,1-3H3,(H,30,32). The highest BCUT2D eigenvalue weighted by Gasteiger charge is 2.19. The molecule has 0 aliphatic rings. The maximum Gasteiger partial charge on any atom is 0.349 e. The Labute approximate surface area is 200 Å². The minimum absolute atomic E-state index is 0.146. The summed E-state index contributed by atoms with van der Waals surface area (Å²) in [4.78, 5) is 25.2. The molecule has 174 valence electrons. The number of aromatic nitrogens is 1. The van der Waals surface area contributed by atoms with Crippen molar-refractivity contribution in [2.75, 3.05) is 6.61 Å². The van der Waals surface area contributed by atoms with Crippen LogP contribution in [-0.2, 0) is 20.9 Å². The van der Waals surface area contributed by atoms with Crippen LogP contribution in [0.25, 0.3) is 6.08 Å². The fourth-order valence-electron chi connectivity index (χ4n) is 3.90. The predicted molar refractivity (Wildman–Crippen MR) is 132 cm³/mol. The Bertz CT molecular complexity index is 1170. The molecule has 0 radical (unpaired) electrons. The Morgan fingerprint density at radius 2 is 1.65 bits per heavy atom. The molecule has 0 fully saturated rings. The lowest BCUT2D eigenvalue weighted by atomic mass is 9.99. The second-order valence-corrected chi connectivity index (χ2v) is 8.05. The molecule has 0 spiro atoms. The smallest absolute Gasteiger partial charge is 0.349 e. The number of nitriles is 1. The summed E-state index contributed by atoms with van der Waals surface area (Å²) in [5.74, 6) is -1.28. The molecule has 6 heteroatoms. The van der Waals surface area contributed by atoms with Crippen LogP contribution in [0.5, 0.6) is 0 Å². The normalized spacial score (nSPS) is 11.2. The monoisotopic (exact) mass is 455 g/mol. The quantitative estimate of drug-likeness (QED) is 0.283. The molecule has 1 heterocycles. The molecule has 6 nitrogen and oxygen atoms in total. The van der Waals surface area contributed by atoms with E-state index in [1.165, 1.54) is 6.08 Å². The van der Waals surface area contributed by atoms with Crippen molar-refractivity contribution in [3.05, 3.63) is 100 Å². The molecule has 1 aromatic heterocycles. The molecule has 3 aromatic rings. The van der Waals surface area contributed by atoms with Gasteiger partial charge in [-0.2, -0.15) is 5.26 Å². The summed E-state index contributed by atoms with van der Waals surface area (Å²) in [6.07, 6.45) is 2.50. The number of aryl methyl sites for hydroxylation is 1. The van der Waals surface area contributed by atoms with Crippen molar-refractivity contribution in [3.63, 3.8) is 0 Å². The van der Waals surface area contributed by atoms with Crippen LogP contribution in [0.1, 0.15) is 47.5 Å². The third kappa shape index (κ3) is 6.02. The van der Waals surface area contributed by atoms with E-state index >= 15 is 0 Å². The van der Waals surface area contributed by atoms with Gasteiger partial charge in [0.05, 0.1) is 6.04 Å². The zero-order chi connectivity index (χ0) is 24.5. The maximum absolute atomic E-state index is 12.7. The Morgan fingerprint density at radius 3 is 2.18 bits per heavy atom. The van der Waals surface area contributed by atoms with E-state index in [2.05, 4.69) is 16.8 Å². The van der Waals surface area contributed by atoms with Crippen LogP contribution < -0.4 is 5.32 Å². The summed E-state index contributed by atoms with van der Waals surface area (Å²) < 4.78 is 7.32. The zero-order valence-electron chi connectivity index (χ0n) is 19.7. The number of ether oxygens (including phenoxy) is 1. The van der Waals surface area contributed by atoms with Crippen molar-refractivity contribution in [2.45, 2.75) is 39.8 Å². The third-order valence-electron chi connectivity index (χ3n) is 5.61. The molecule has 0 atom stereocenters. The van der Waals surface area contributed by atoms with E-state index in [-0.39, 0.29) is 11.6 Å². The van der Waals surface area contributed by atoms with Gasteiger partial charge in [0.25, 0.3) is 5.91 Å². The average molecular weight is 456 g/mol. The lowest BCUT2D eigenvalue weighted by Crippen LogP contribution is -2.33. The molecule has 2 aromatic carbocycles. The number of nitrogens with zero attached hydrogens (tertiary/aromatic N) is 2. The summed E-state index contributed by atoms with van der Waals surface area (Å²) in [6.45, 7) is 6.42. The minimum atomic E-state index is -0.825. The fraction of sp³-hybridized carbons (Fsp3) is 0.250. The van der Waals surface area contributed by atoms with Crippen LogP contribution in [-0.4, -0.2) is 23.1 Å². The molecule has 34 heavy (non-hydrogen) atoms. The summed E-state index contributed by atoms with van der Waals surface area (Å²) >= 11 is 0. The minimum Gasteiger partial charge on any atom is -0.451 e. The molecule has 0 bridgehead atoms. The number of hydrogen-bond acceptors (Lipinski definition) is 4. The van der Waals surface area contributed by atoms with Crippen LogP contribution in [0.3, 0.4) is 0 Å². The van der Waals surface area contributed by atoms with Crippen LogP contribution in [0.2, 0.25) is 0 Å². The van der Waals surface area contributed by atoms with Crippen LogP contribution in [0.15, 0.2) is 72.3 Å². The number of carbonyl (C=O) groups excluding carboxylic acids is 2. The summed E-state index contributed by atoms with van der Waals surface area (Å²) in [6, 6.07) is 22.6. The van der Waals surface area contributed by atoms with Crippen molar-refractivity contribution >= 4 is 18.0 Å². The number of carbonyl (C=O) groups is 2. The fourth-order valence-corrected chi connectivity index (χ4v) is 3.90. The Morgan fingerprint density at radius 1 is 1.06 bits per heavy atom. The van der Waals surface area contributed by atoms with Gasteiger partial charge in [0, 0.05) is 17.9 Å². The van der Waals surface area contributed by atoms with Crippen LogP contribution in [0.4, 0.5) is 0 Å². The molecule has 3 rings (SSSR count). The van der Waals surface area contributed by atoms with Gasteiger partial charge in [0.15, 0.2) is 6.61 Å². The second-order valence-electron chi connectivity index (χ2n) is 8.05. The SMILES string of the molecule is CCCn1c(C)cc(C=C(C#N)C(=O)OCC(=O)NC(c2ccccc2)c2ccccc2)c1C. The number of amides is 1. The van der Waals surface area contributed by atoms with Crippen molar-refractivity contribution in [1.29, 1.82) is 5.26 Å². The van der Waals surface area contributed by atoms with Gasteiger partial charge >= 0.3 is 5.97 Å². The first-order chi connectivity index (χ1) is 16.4. The van der Waals surface area contributed by atoms with Crippen LogP contribution in [0, 0.1) is 25.2 Å². The highest BCUT2D eigenvalue weighted by molar-refractivity contribution is 5.99. The van der Waals surface area contributed by atoms with Gasteiger partial charge < -0.3 is 14.6 Å².